The second kappa shape index (κ2) is 14.0. The standard InChI is InChI=1S/C27H34ClN3O3S/c1-2-3-4-10-17-34-24-14-9-8-13-21(24)25(32)31-27(35)30-20-15-16-23(28)22(18-20)26(33)29-19-11-6-5-7-12-19/h8-9,13-16,18-19H,2-7,10-12,17H2,1H3,(H,29,33)(H2,30,31,32,35). The normalized spacial score (nSPS) is 13.7. The molecule has 0 aromatic heterocycles. The number of hydrogen-bond acceptors (Lipinski definition) is 4. The van der Waals surface area contributed by atoms with Gasteiger partial charge in [0, 0.05) is 11.7 Å². The van der Waals surface area contributed by atoms with Gasteiger partial charge in [0.2, 0.25) is 0 Å². The summed E-state index contributed by atoms with van der Waals surface area (Å²) in [4.78, 5) is 25.6. The van der Waals surface area contributed by atoms with Crippen molar-refractivity contribution in [3.05, 3.63) is 58.6 Å². The number of benzene rings is 2. The van der Waals surface area contributed by atoms with Crippen LogP contribution in [0.5, 0.6) is 5.75 Å². The van der Waals surface area contributed by atoms with Crippen LogP contribution in [0.15, 0.2) is 42.5 Å². The zero-order chi connectivity index (χ0) is 25.0. The van der Waals surface area contributed by atoms with Gasteiger partial charge in [0.25, 0.3) is 11.8 Å². The molecule has 188 valence electrons. The highest BCUT2D eigenvalue weighted by atomic mass is 35.5. The molecule has 3 N–H and O–H groups in total. The zero-order valence-corrected chi connectivity index (χ0v) is 21.8. The summed E-state index contributed by atoms with van der Waals surface area (Å²) in [5, 5.41) is 9.23. The largest absolute Gasteiger partial charge is 0.493 e. The fourth-order valence-corrected chi connectivity index (χ4v) is 4.52. The number of unbranched alkanes of at least 4 members (excludes halogenated alkanes) is 3. The SMILES string of the molecule is CCCCCCOc1ccccc1C(=O)NC(=S)Nc1ccc(Cl)c(C(=O)NC2CCCCC2)c1. The van der Waals surface area contributed by atoms with Crippen LogP contribution >= 0.6 is 23.8 Å². The minimum absolute atomic E-state index is 0.119. The van der Waals surface area contributed by atoms with Gasteiger partial charge in [0.15, 0.2) is 5.11 Å². The summed E-state index contributed by atoms with van der Waals surface area (Å²) in [7, 11) is 0. The van der Waals surface area contributed by atoms with Crippen molar-refractivity contribution in [3.63, 3.8) is 0 Å². The van der Waals surface area contributed by atoms with Gasteiger partial charge in [-0.05, 0) is 61.8 Å². The summed E-state index contributed by atoms with van der Waals surface area (Å²) < 4.78 is 5.84. The number of hydrogen-bond donors (Lipinski definition) is 3. The van der Waals surface area contributed by atoms with E-state index in [-0.39, 0.29) is 23.0 Å². The van der Waals surface area contributed by atoms with Crippen molar-refractivity contribution in [2.24, 2.45) is 0 Å². The molecule has 0 atom stereocenters. The quantitative estimate of drug-likeness (QED) is 0.249. The van der Waals surface area contributed by atoms with E-state index in [0.717, 1.165) is 44.9 Å². The third-order valence-electron chi connectivity index (χ3n) is 6.02. The molecule has 0 bridgehead atoms. The van der Waals surface area contributed by atoms with E-state index < -0.39 is 0 Å². The van der Waals surface area contributed by atoms with Gasteiger partial charge in [-0.15, -0.1) is 0 Å². The van der Waals surface area contributed by atoms with Gasteiger partial charge in [-0.2, -0.15) is 0 Å². The van der Waals surface area contributed by atoms with Gasteiger partial charge in [-0.1, -0.05) is 69.2 Å². The molecule has 0 unspecified atom stereocenters. The first-order chi connectivity index (χ1) is 17.0. The van der Waals surface area contributed by atoms with Crippen LogP contribution in [-0.4, -0.2) is 29.6 Å². The van der Waals surface area contributed by atoms with Crippen molar-refractivity contribution in [2.45, 2.75) is 70.8 Å². The lowest BCUT2D eigenvalue weighted by Gasteiger charge is -2.23. The summed E-state index contributed by atoms with van der Waals surface area (Å²) in [6.45, 7) is 2.72. The van der Waals surface area contributed by atoms with Crippen LogP contribution in [-0.2, 0) is 0 Å². The lowest BCUT2D eigenvalue weighted by molar-refractivity contribution is 0.0926. The number of rotatable bonds is 10. The Bertz CT molecular complexity index is 1020. The van der Waals surface area contributed by atoms with E-state index >= 15 is 0 Å². The molecule has 35 heavy (non-hydrogen) atoms. The number of nitrogens with one attached hydrogen (secondary N) is 3. The van der Waals surface area contributed by atoms with Gasteiger partial charge in [-0.3, -0.25) is 14.9 Å². The maximum Gasteiger partial charge on any atom is 0.261 e. The molecule has 1 saturated carbocycles. The summed E-state index contributed by atoms with van der Waals surface area (Å²) in [6.07, 6.45) is 9.80. The zero-order valence-electron chi connectivity index (χ0n) is 20.2. The highest BCUT2D eigenvalue weighted by Gasteiger charge is 2.19. The molecule has 0 heterocycles. The number of amides is 2. The first kappa shape index (κ1) is 27.0. The Morgan fingerprint density at radius 2 is 1.77 bits per heavy atom. The van der Waals surface area contributed by atoms with Gasteiger partial charge >= 0.3 is 0 Å². The molecule has 2 amide bonds. The number of thiocarbonyl (C=S) groups is 1. The number of anilines is 1. The molecule has 1 fully saturated rings. The van der Waals surface area contributed by atoms with Crippen LogP contribution in [0.4, 0.5) is 5.69 Å². The molecular formula is C27H34ClN3O3S. The molecule has 8 heteroatoms. The molecular weight excluding hydrogens is 482 g/mol. The Labute approximate surface area is 218 Å². The van der Waals surface area contributed by atoms with Crippen molar-refractivity contribution < 1.29 is 14.3 Å². The molecule has 0 saturated heterocycles. The maximum atomic E-state index is 12.8. The van der Waals surface area contributed by atoms with E-state index in [0.29, 0.717) is 34.2 Å². The van der Waals surface area contributed by atoms with E-state index in [1.54, 1.807) is 36.4 Å². The van der Waals surface area contributed by atoms with Crippen molar-refractivity contribution >= 4 is 46.4 Å². The topological polar surface area (TPSA) is 79.5 Å². The molecule has 0 aliphatic heterocycles. The van der Waals surface area contributed by atoms with Crippen LogP contribution in [0.2, 0.25) is 5.02 Å². The van der Waals surface area contributed by atoms with Crippen molar-refractivity contribution in [3.8, 4) is 5.75 Å². The first-order valence-electron chi connectivity index (χ1n) is 12.4. The molecule has 1 aliphatic rings. The number of para-hydroxylation sites is 1. The van der Waals surface area contributed by atoms with Gasteiger partial charge < -0.3 is 15.4 Å². The van der Waals surface area contributed by atoms with Gasteiger partial charge in [0.1, 0.15) is 5.75 Å². The number of halogens is 1. The lowest BCUT2D eigenvalue weighted by Crippen LogP contribution is -2.36. The Balaban J connectivity index is 1.58. The van der Waals surface area contributed by atoms with Crippen LogP contribution in [0.25, 0.3) is 0 Å². The second-order valence-corrected chi connectivity index (χ2v) is 9.63. The number of carbonyl (C=O) groups is 2. The highest BCUT2D eigenvalue weighted by Crippen LogP contribution is 2.23. The average Bonchev–Trinajstić information content (AvgIpc) is 2.85. The minimum atomic E-state index is -0.365. The van der Waals surface area contributed by atoms with Crippen LogP contribution in [0, 0.1) is 0 Å². The predicted octanol–water partition coefficient (Wildman–Crippen LogP) is 6.49. The highest BCUT2D eigenvalue weighted by molar-refractivity contribution is 7.80. The smallest absolute Gasteiger partial charge is 0.261 e. The minimum Gasteiger partial charge on any atom is -0.493 e. The van der Waals surface area contributed by atoms with E-state index in [1.165, 1.54) is 12.8 Å². The Morgan fingerprint density at radius 1 is 1.00 bits per heavy atom. The molecule has 1 aliphatic carbocycles. The van der Waals surface area contributed by atoms with Gasteiger partial charge in [-0.25, -0.2) is 0 Å². The van der Waals surface area contributed by atoms with Crippen molar-refractivity contribution in [1.82, 2.24) is 10.6 Å². The van der Waals surface area contributed by atoms with Crippen LogP contribution in [0.3, 0.4) is 0 Å². The first-order valence-corrected chi connectivity index (χ1v) is 13.2. The monoisotopic (exact) mass is 515 g/mol. The van der Waals surface area contributed by atoms with Crippen LogP contribution < -0.4 is 20.7 Å². The molecule has 2 aromatic rings. The fourth-order valence-electron chi connectivity index (χ4n) is 4.11. The van der Waals surface area contributed by atoms with Crippen LogP contribution in [0.1, 0.15) is 85.4 Å². The van der Waals surface area contributed by atoms with Crippen molar-refractivity contribution in [1.29, 1.82) is 0 Å². The molecule has 0 spiro atoms. The third kappa shape index (κ3) is 8.51. The fraction of sp³-hybridized carbons (Fsp3) is 0.444. The number of ether oxygens (including phenoxy) is 1. The molecule has 2 aromatic carbocycles. The third-order valence-corrected chi connectivity index (χ3v) is 6.56. The van der Waals surface area contributed by atoms with E-state index in [4.69, 9.17) is 28.6 Å². The summed E-state index contributed by atoms with van der Waals surface area (Å²) >= 11 is 11.6. The Kier molecular flexibility index (Phi) is 10.8. The van der Waals surface area contributed by atoms with Crippen molar-refractivity contribution in [2.75, 3.05) is 11.9 Å². The lowest BCUT2D eigenvalue weighted by atomic mass is 9.95. The Hall–Kier alpha value is -2.64. The predicted molar refractivity (Wildman–Crippen MR) is 146 cm³/mol. The molecule has 0 radical (unpaired) electrons. The average molecular weight is 516 g/mol. The summed E-state index contributed by atoms with van der Waals surface area (Å²) in [5.74, 6) is -0.0427. The second-order valence-electron chi connectivity index (χ2n) is 8.82. The number of carbonyl (C=O) groups excluding carboxylic acids is 2. The summed E-state index contributed by atoms with van der Waals surface area (Å²) in [5.41, 5.74) is 1.35. The van der Waals surface area contributed by atoms with E-state index in [2.05, 4.69) is 22.9 Å². The maximum absolute atomic E-state index is 12.8. The Morgan fingerprint density at radius 3 is 2.54 bits per heavy atom. The van der Waals surface area contributed by atoms with E-state index in [9.17, 15) is 9.59 Å². The van der Waals surface area contributed by atoms with E-state index in [1.807, 2.05) is 6.07 Å². The van der Waals surface area contributed by atoms with Gasteiger partial charge in [0.05, 0.1) is 22.8 Å². The molecule has 3 rings (SSSR count). The molecule has 6 nitrogen and oxygen atoms in total. The summed E-state index contributed by atoms with van der Waals surface area (Å²) in [6, 6.07) is 12.3.